The first-order valence-electron chi connectivity index (χ1n) is 10.4. The first-order valence-corrected chi connectivity index (χ1v) is 11.3. The topological polar surface area (TPSA) is 57.3 Å². The van der Waals surface area contributed by atoms with E-state index in [9.17, 15) is 0 Å². The summed E-state index contributed by atoms with van der Waals surface area (Å²) in [6.45, 7) is 6.52. The van der Waals surface area contributed by atoms with E-state index in [0.29, 0.717) is 41.5 Å². The summed E-state index contributed by atoms with van der Waals surface area (Å²) in [4.78, 5) is 5.57. The van der Waals surface area contributed by atoms with E-state index in [0.717, 1.165) is 21.6 Å². The number of fused-ring (bicyclic) bond motifs is 2. The molecule has 3 atom stereocenters. The van der Waals surface area contributed by atoms with Crippen molar-refractivity contribution in [3.8, 4) is 28.5 Å². The molecule has 1 saturated carbocycles. The largest absolute Gasteiger partial charge is 0.493 e. The Hall–Kier alpha value is -2.80. The molecule has 1 aromatic heterocycles. The second-order valence-electron chi connectivity index (χ2n) is 8.11. The fourth-order valence-electron chi connectivity index (χ4n) is 4.30. The number of hydrogen-bond acceptors (Lipinski definition) is 6. The third-order valence-electron chi connectivity index (χ3n) is 5.83. The Morgan fingerprint density at radius 2 is 1.90 bits per heavy atom. The number of rotatable bonds is 8. The molecule has 2 bridgehead atoms. The Balaban J connectivity index is 1.78. The highest BCUT2D eigenvalue weighted by molar-refractivity contribution is 7.07. The van der Waals surface area contributed by atoms with E-state index in [-0.39, 0.29) is 0 Å². The second-order valence-corrected chi connectivity index (χ2v) is 8.95. The monoisotopic (exact) mass is 439 g/mol. The highest BCUT2D eigenvalue weighted by atomic mass is 32.1. The molecule has 164 valence electrons. The molecule has 0 N–H and O–H groups in total. The predicted octanol–water partition coefficient (Wildman–Crippen LogP) is 4.77. The number of aromatic nitrogens is 1. The highest BCUT2D eigenvalue weighted by Gasteiger charge is 2.34. The van der Waals surface area contributed by atoms with Crippen molar-refractivity contribution in [2.75, 3.05) is 27.9 Å². The number of nitrogens with zero attached hydrogens (tertiary/aromatic N) is 3. The first-order chi connectivity index (χ1) is 15.0. The molecule has 2 aromatic rings. The van der Waals surface area contributed by atoms with Gasteiger partial charge in [-0.05, 0) is 43.7 Å². The van der Waals surface area contributed by atoms with Crippen molar-refractivity contribution in [2.24, 2.45) is 27.8 Å². The molecule has 6 nitrogen and oxygen atoms in total. The van der Waals surface area contributed by atoms with E-state index < -0.39 is 0 Å². The van der Waals surface area contributed by atoms with Crippen LogP contribution in [0, 0.1) is 17.8 Å². The summed E-state index contributed by atoms with van der Waals surface area (Å²) in [6.07, 6.45) is 9.21. The number of ether oxygens (including phenoxy) is 3. The molecular formula is C24H29N3O3S. The molecule has 0 radical (unpaired) electrons. The van der Waals surface area contributed by atoms with Crippen LogP contribution in [0.1, 0.15) is 19.8 Å². The van der Waals surface area contributed by atoms with E-state index in [2.05, 4.69) is 30.3 Å². The predicted molar refractivity (Wildman–Crippen MR) is 125 cm³/mol. The van der Waals surface area contributed by atoms with Gasteiger partial charge in [-0.15, -0.1) is 11.3 Å². The zero-order valence-corrected chi connectivity index (χ0v) is 19.3. The third-order valence-corrected chi connectivity index (χ3v) is 6.69. The molecule has 0 aliphatic heterocycles. The van der Waals surface area contributed by atoms with Gasteiger partial charge in [0.05, 0.1) is 33.6 Å². The molecule has 3 unspecified atom stereocenters. The van der Waals surface area contributed by atoms with Crippen molar-refractivity contribution in [3.05, 3.63) is 46.6 Å². The van der Waals surface area contributed by atoms with Crippen molar-refractivity contribution in [1.82, 2.24) is 4.68 Å². The van der Waals surface area contributed by atoms with Gasteiger partial charge in [-0.2, -0.15) is 5.10 Å². The number of allylic oxidation sites excluding steroid dienone is 2. The number of hydrogen-bond donors (Lipinski definition) is 0. The maximum absolute atomic E-state index is 5.55. The van der Waals surface area contributed by atoms with E-state index in [1.807, 2.05) is 23.7 Å². The summed E-state index contributed by atoms with van der Waals surface area (Å²) in [6, 6.07) is 3.89. The first kappa shape index (κ1) is 21.4. The van der Waals surface area contributed by atoms with E-state index in [4.69, 9.17) is 24.3 Å². The summed E-state index contributed by atoms with van der Waals surface area (Å²) in [7, 11) is 4.85. The normalized spacial score (nSPS) is 22.5. The lowest BCUT2D eigenvalue weighted by Crippen LogP contribution is -2.15. The van der Waals surface area contributed by atoms with Gasteiger partial charge in [-0.1, -0.05) is 24.3 Å². The van der Waals surface area contributed by atoms with Crippen molar-refractivity contribution < 1.29 is 14.2 Å². The van der Waals surface area contributed by atoms with Crippen LogP contribution in [0.15, 0.2) is 51.9 Å². The quantitative estimate of drug-likeness (QED) is 0.440. The lowest BCUT2D eigenvalue weighted by molar-refractivity contribution is 0.324. The van der Waals surface area contributed by atoms with Crippen molar-refractivity contribution >= 4 is 17.6 Å². The van der Waals surface area contributed by atoms with Crippen LogP contribution in [0.5, 0.6) is 17.2 Å². The van der Waals surface area contributed by atoms with Crippen LogP contribution in [0.3, 0.4) is 0 Å². The van der Waals surface area contributed by atoms with E-state index in [1.165, 1.54) is 12.8 Å². The fraction of sp³-hybridized carbons (Fsp3) is 0.417. The summed E-state index contributed by atoms with van der Waals surface area (Å²) in [5.74, 6) is 3.57. The molecule has 31 heavy (non-hydrogen) atoms. The third kappa shape index (κ3) is 4.32. The average Bonchev–Trinajstić information content (AvgIpc) is 3.50. The minimum atomic E-state index is 0.476. The van der Waals surface area contributed by atoms with Gasteiger partial charge in [0.1, 0.15) is 0 Å². The van der Waals surface area contributed by atoms with Crippen LogP contribution < -0.4 is 19.0 Å². The average molecular weight is 440 g/mol. The minimum absolute atomic E-state index is 0.476. The summed E-state index contributed by atoms with van der Waals surface area (Å²) < 4.78 is 18.5. The zero-order valence-electron chi connectivity index (χ0n) is 18.5. The summed E-state index contributed by atoms with van der Waals surface area (Å²) >= 11 is 1.56. The second kappa shape index (κ2) is 9.14. The molecule has 0 spiro atoms. The van der Waals surface area contributed by atoms with Gasteiger partial charge in [0.25, 0.3) is 0 Å². The molecule has 1 heterocycles. The molecule has 7 heteroatoms. The van der Waals surface area contributed by atoms with Crippen molar-refractivity contribution in [1.29, 1.82) is 0 Å². The number of methoxy groups -OCH3 is 3. The molecule has 0 amide bonds. The maximum atomic E-state index is 5.55. The van der Waals surface area contributed by atoms with Gasteiger partial charge in [0.15, 0.2) is 11.5 Å². The SMILES string of the molecule is C=C(C)CN=c1scc(-c2cc(OC)c(OC)c(OC)c2)n1N=CC1CC2C=CC1C2. The molecule has 1 fully saturated rings. The Bertz CT molecular complexity index is 1070. The van der Waals surface area contributed by atoms with Gasteiger partial charge in [0, 0.05) is 23.1 Å². The molecule has 4 rings (SSSR count). The minimum Gasteiger partial charge on any atom is -0.493 e. The Morgan fingerprint density at radius 3 is 2.45 bits per heavy atom. The van der Waals surface area contributed by atoms with E-state index >= 15 is 0 Å². The van der Waals surface area contributed by atoms with Crippen LogP contribution in [0.2, 0.25) is 0 Å². The molecule has 0 saturated heterocycles. The lowest BCUT2D eigenvalue weighted by Gasteiger charge is -2.15. The smallest absolute Gasteiger partial charge is 0.206 e. The molecular weight excluding hydrogens is 410 g/mol. The van der Waals surface area contributed by atoms with Crippen LogP contribution in [-0.4, -0.2) is 38.8 Å². The Morgan fingerprint density at radius 1 is 1.16 bits per heavy atom. The van der Waals surface area contributed by atoms with Gasteiger partial charge in [0.2, 0.25) is 10.6 Å². The van der Waals surface area contributed by atoms with Crippen LogP contribution in [0.4, 0.5) is 0 Å². The molecule has 2 aliphatic rings. The van der Waals surface area contributed by atoms with Gasteiger partial charge < -0.3 is 14.2 Å². The van der Waals surface area contributed by atoms with Gasteiger partial charge in [-0.25, -0.2) is 4.68 Å². The van der Waals surface area contributed by atoms with E-state index in [1.54, 1.807) is 32.7 Å². The highest BCUT2D eigenvalue weighted by Crippen LogP contribution is 2.43. The maximum Gasteiger partial charge on any atom is 0.206 e. The standard InChI is InChI=1S/C24H29N3O3S/c1-15(2)12-25-24-27(26-13-19-9-16-6-7-17(19)8-16)20(14-31-24)18-10-21(28-3)23(30-5)22(11-18)29-4/h6-7,10-11,13-14,16-17,19H,1,8-9,12H2,2-5H3. The Labute approximate surface area is 187 Å². The fourth-order valence-corrected chi connectivity index (χ4v) is 5.13. The zero-order chi connectivity index (χ0) is 22.0. The van der Waals surface area contributed by atoms with Crippen molar-refractivity contribution in [2.45, 2.75) is 19.8 Å². The summed E-state index contributed by atoms with van der Waals surface area (Å²) in [5.41, 5.74) is 2.86. The van der Waals surface area contributed by atoms with Crippen LogP contribution >= 0.6 is 11.3 Å². The summed E-state index contributed by atoms with van der Waals surface area (Å²) in [5, 5.41) is 6.97. The van der Waals surface area contributed by atoms with Crippen LogP contribution in [0.25, 0.3) is 11.3 Å². The Kier molecular flexibility index (Phi) is 6.32. The van der Waals surface area contributed by atoms with Crippen LogP contribution in [-0.2, 0) is 0 Å². The number of benzene rings is 1. The van der Waals surface area contributed by atoms with Gasteiger partial charge in [-0.3, -0.25) is 4.99 Å². The molecule has 1 aromatic carbocycles. The lowest BCUT2D eigenvalue weighted by atomic mass is 9.95. The molecule has 2 aliphatic carbocycles. The van der Waals surface area contributed by atoms with Gasteiger partial charge >= 0.3 is 0 Å². The number of thiazole rings is 1. The van der Waals surface area contributed by atoms with Crippen molar-refractivity contribution in [3.63, 3.8) is 0 Å².